The van der Waals surface area contributed by atoms with Crippen molar-refractivity contribution in [2.24, 2.45) is 0 Å². The minimum Gasteiger partial charge on any atom is -0.485 e. The molecule has 0 atom stereocenters. The number of hydrogen-bond donors (Lipinski definition) is 1. The summed E-state index contributed by atoms with van der Waals surface area (Å²) in [6.45, 7) is 3.16. The first kappa shape index (κ1) is 12.9. The van der Waals surface area contributed by atoms with E-state index in [9.17, 15) is 4.39 Å². The van der Waals surface area contributed by atoms with Crippen molar-refractivity contribution in [2.75, 3.05) is 5.73 Å². The summed E-state index contributed by atoms with van der Waals surface area (Å²) in [5, 5.41) is 4.14. The Morgan fingerprint density at radius 1 is 1.50 bits per heavy atom. The quantitative estimate of drug-likeness (QED) is 0.883. The minimum atomic E-state index is -0.398. The third kappa shape index (κ3) is 2.81. The molecule has 1 aromatic carbocycles. The predicted molar refractivity (Wildman–Crippen MR) is 70.7 cm³/mol. The van der Waals surface area contributed by atoms with Crippen LogP contribution in [0.1, 0.15) is 12.5 Å². The smallest absolute Gasteiger partial charge is 0.157 e. The van der Waals surface area contributed by atoms with Gasteiger partial charge in [-0.25, -0.2) is 4.39 Å². The molecular formula is C12H13BrFN3O. The van der Waals surface area contributed by atoms with Crippen molar-refractivity contribution in [3.05, 3.63) is 40.4 Å². The Hall–Kier alpha value is -1.56. The van der Waals surface area contributed by atoms with E-state index in [1.807, 2.05) is 17.8 Å². The van der Waals surface area contributed by atoms with Crippen molar-refractivity contribution in [1.29, 1.82) is 0 Å². The fourth-order valence-corrected chi connectivity index (χ4v) is 2.10. The Morgan fingerprint density at radius 3 is 2.89 bits per heavy atom. The number of benzene rings is 1. The average molecular weight is 314 g/mol. The Balaban J connectivity index is 2.10. The molecule has 0 aliphatic carbocycles. The molecule has 0 bridgehead atoms. The summed E-state index contributed by atoms with van der Waals surface area (Å²) in [4.78, 5) is 0. The molecule has 0 aliphatic heterocycles. The zero-order valence-corrected chi connectivity index (χ0v) is 11.4. The maximum atomic E-state index is 13.0. The van der Waals surface area contributed by atoms with Crippen LogP contribution >= 0.6 is 15.9 Å². The average Bonchev–Trinajstić information content (AvgIpc) is 2.75. The second-order valence-electron chi connectivity index (χ2n) is 3.80. The fraction of sp³-hybridized carbons (Fsp3) is 0.250. The van der Waals surface area contributed by atoms with E-state index in [2.05, 4.69) is 21.0 Å². The van der Waals surface area contributed by atoms with Crippen LogP contribution in [0.2, 0.25) is 0 Å². The summed E-state index contributed by atoms with van der Waals surface area (Å²) < 4.78 is 20.9. The van der Waals surface area contributed by atoms with Crippen LogP contribution in [0.5, 0.6) is 5.75 Å². The summed E-state index contributed by atoms with van der Waals surface area (Å²) in [7, 11) is 0. The third-order valence-electron chi connectivity index (χ3n) is 2.43. The van der Waals surface area contributed by atoms with Gasteiger partial charge in [-0.05, 0) is 28.9 Å². The lowest BCUT2D eigenvalue weighted by atomic mass is 10.3. The van der Waals surface area contributed by atoms with Gasteiger partial charge in [0.1, 0.15) is 12.4 Å². The van der Waals surface area contributed by atoms with Crippen LogP contribution in [0.4, 0.5) is 10.1 Å². The first-order chi connectivity index (χ1) is 8.60. The number of aryl methyl sites for hydroxylation is 1. The molecule has 0 radical (unpaired) electrons. The zero-order chi connectivity index (χ0) is 13.1. The highest BCUT2D eigenvalue weighted by atomic mass is 79.9. The highest BCUT2D eigenvalue weighted by molar-refractivity contribution is 9.10. The van der Waals surface area contributed by atoms with Gasteiger partial charge >= 0.3 is 0 Å². The summed E-state index contributed by atoms with van der Waals surface area (Å²) in [5.41, 5.74) is 6.91. The predicted octanol–water partition coefficient (Wildman–Crippen LogP) is 2.97. The number of ether oxygens (including phenoxy) is 1. The molecule has 0 saturated heterocycles. The van der Waals surface area contributed by atoms with Gasteiger partial charge in [-0.15, -0.1) is 0 Å². The van der Waals surface area contributed by atoms with Gasteiger partial charge < -0.3 is 10.5 Å². The van der Waals surface area contributed by atoms with Crippen molar-refractivity contribution in [1.82, 2.24) is 9.78 Å². The van der Waals surface area contributed by atoms with Gasteiger partial charge in [0, 0.05) is 24.4 Å². The van der Waals surface area contributed by atoms with Gasteiger partial charge in [0.15, 0.2) is 5.75 Å². The normalized spacial score (nSPS) is 10.6. The monoisotopic (exact) mass is 313 g/mol. The molecule has 6 heteroatoms. The molecule has 4 nitrogen and oxygen atoms in total. The second-order valence-corrected chi connectivity index (χ2v) is 4.65. The van der Waals surface area contributed by atoms with E-state index < -0.39 is 5.82 Å². The number of nitrogens with two attached hydrogens (primary N) is 1. The van der Waals surface area contributed by atoms with Crippen LogP contribution < -0.4 is 10.5 Å². The molecule has 0 aliphatic rings. The van der Waals surface area contributed by atoms with Crippen LogP contribution in [0.15, 0.2) is 29.0 Å². The van der Waals surface area contributed by atoms with Crippen molar-refractivity contribution < 1.29 is 9.13 Å². The van der Waals surface area contributed by atoms with Crippen LogP contribution in [-0.4, -0.2) is 9.78 Å². The first-order valence-electron chi connectivity index (χ1n) is 5.48. The maximum absolute atomic E-state index is 13.0. The number of halogens is 2. The number of nitrogen functional groups attached to an aromatic ring is 1. The summed E-state index contributed by atoms with van der Waals surface area (Å²) >= 11 is 3.22. The van der Waals surface area contributed by atoms with Crippen molar-refractivity contribution in [3.63, 3.8) is 0 Å². The molecule has 2 rings (SSSR count). The number of aromatic nitrogens is 2. The highest BCUT2D eigenvalue weighted by Crippen LogP contribution is 2.32. The molecule has 1 aromatic heterocycles. The molecule has 0 saturated carbocycles. The van der Waals surface area contributed by atoms with Crippen molar-refractivity contribution >= 4 is 21.6 Å². The van der Waals surface area contributed by atoms with Crippen LogP contribution in [-0.2, 0) is 13.2 Å². The van der Waals surface area contributed by atoms with E-state index >= 15 is 0 Å². The van der Waals surface area contributed by atoms with Crippen LogP contribution in [0.3, 0.4) is 0 Å². The zero-order valence-electron chi connectivity index (χ0n) is 9.86. The molecule has 0 fully saturated rings. The lowest BCUT2D eigenvalue weighted by molar-refractivity contribution is 0.305. The standard InChI is InChI=1S/C12H13BrFN3O/c1-2-17-6-8(5-16-17)7-18-12-10(13)3-9(14)4-11(12)15/h3-6H,2,7,15H2,1H3. The molecule has 2 N–H and O–H groups in total. The lowest BCUT2D eigenvalue weighted by Crippen LogP contribution is -2.00. The van der Waals surface area contributed by atoms with Crippen LogP contribution in [0.25, 0.3) is 0 Å². The van der Waals surface area contributed by atoms with Gasteiger partial charge in [0.05, 0.1) is 16.4 Å². The largest absolute Gasteiger partial charge is 0.485 e. The van der Waals surface area contributed by atoms with Gasteiger partial charge in [-0.3, -0.25) is 4.68 Å². The molecule has 96 valence electrons. The Bertz CT molecular complexity index is 533. The molecule has 0 amide bonds. The Morgan fingerprint density at radius 2 is 2.28 bits per heavy atom. The molecule has 18 heavy (non-hydrogen) atoms. The fourth-order valence-electron chi connectivity index (χ4n) is 1.54. The van der Waals surface area contributed by atoms with Gasteiger partial charge in [0.25, 0.3) is 0 Å². The molecule has 2 aromatic rings. The highest BCUT2D eigenvalue weighted by Gasteiger charge is 2.09. The topological polar surface area (TPSA) is 53.1 Å². The van der Waals surface area contributed by atoms with Crippen LogP contribution in [0, 0.1) is 5.82 Å². The third-order valence-corrected chi connectivity index (χ3v) is 3.02. The van der Waals surface area contributed by atoms with E-state index in [-0.39, 0.29) is 5.69 Å². The minimum absolute atomic E-state index is 0.268. The summed E-state index contributed by atoms with van der Waals surface area (Å²) in [6.07, 6.45) is 3.63. The van der Waals surface area contributed by atoms with E-state index in [4.69, 9.17) is 10.5 Å². The lowest BCUT2D eigenvalue weighted by Gasteiger charge is -2.10. The number of rotatable bonds is 4. The summed E-state index contributed by atoms with van der Waals surface area (Å²) in [5.74, 6) is 0.0474. The molecular weight excluding hydrogens is 301 g/mol. The van der Waals surface area contributed by atoms with E-state index in [1.165, 1.54) is 12.1 Å². The summed E-state index contributed by atoms with van der Waals surface area (Å²) in [6, 6.07) is 2.55. The van der Waals surface area contributed by atoms with E-state index in [1.54, 1.807) is 6.20 Å². The molecule has 0 unspecified atom stereocenters. The van der Waals surface area contributed by atoms with E-state index in [0.29, 0.717) is 16.8 Å². The number of hydrogen-bond acceptors (Lipinski definition) is 3. The van der Waals surface area contributed by atoms with Gasteiger partial charge in [0.2, 0.25) is 0 Å². The second kappa shape index (κ2) is 5.39. The first-order valence-corrected chi connectivity index (χ1v) is 6.28. The maximum Gasteiger partial charge on any atom is 0.157 e. The van der Waals surface area contributed by atoms with Crippen molar-refractivity contribution in [2.45, 2.75) is 20.1 Å². The van der Waals surface area contributed by atoms with E-state index in [0.717, 1.165) is 12.1 Å². The SMILES string of the molecule is CCn1cc(COc2c(N)cc(F)cc2Br)cn1. The number of anilines is 1. The number of nitrogens with zero attached hydrogens (tertiary/aromatic N) is 2. The van der Waals surface area contributed by atoms with Gasteiger partial charge in [-0.1, -0.05) is 0 Å². The van der Waals surface area contributed by atoms with Gasteiger partial charge in [-0.2, -0.15) is 5.10 Å². The Labute approximate surface area is 113 Å². The molecule has 0 spiro atoms. The molecule has 1 heterocycles. The van der Waals surface area contributed by atoms with Crippen molar-refractivity contribution in [3.8, 4) is 5.75 Å². The Kier molecular flexibility index (Phi) is 3.86.